The largest absolute Gasteiger partial charge is 0.394 e. The van der Waals surface area contributed by atoms with E-state index < -0.39 is 37.0 Å². The fourth-order valence-corrected chi connectivity index (χ4v) is 3.58. The molecule has 4 rings (SSSR count). The molecule has 0 aromatic heterocycles. The van der Waals surface area contributed by atoms with E-state index in [1.807, 2.05) is 12.1 Å². The SMILES string of the molecule is OC[C@H]1OC(c2ccc(Cl)cc2)O[C@@H]([C@@H]2COC(c3ccc(Cl)cc3)O2)[C@H]1O. The number of hydrogen-bond donors (Lipinski definition) is 2. The minimum atomic E-state index is -1.06. The highest BCUT2D eigenvalue weighted by Gasteiger charge is 2.46. The van der Waals surface area contributed by atoms with Crippen molar-refractivity contribution in [3.8, 4) is 0 Å². The van der Waals surface area contributed by atoms with Gasteiger partial charge in [0.1, 0.15) is 24.4 Å². The highest BCUT2D eigenvalue weighted by Crippen LogP contribution is 2.37. The number of rotatable bonds is 4. The monoisotopic (exact) mass is 426 g/mol. The smallest absolute Gasteiger partial charge is 0.184 e. The summed E-state index contributed by atoms with van der Waals surface area (Å²) in [5.41, 5.74) is 1.55. The van der Waals surface area contributed by atoms with E-state index in [0.717, 1.165) is 11.1 Å². The molecule has 6 atom stereocenters. The molecule has 2 aliphatic rings. The second-order valence-electron chi connectivity index (χ2n) is 6.72. The van der Waals surface area contributed by atoms with Crippen molar-refractivity contribution in [2.24, 2.45) is 0 Å². The molecule has 0 bridgehead atoms. The van der Waals surface area contributed by atoms with Gasteiger partial charge < -0.3 is 29.2 Å². The Hall–Kier alpha value is -1.22. The molecule has 2 aromatic carbocycles. The first-order valence-electron chi connectivity index (χ1n) is 8.93. The van der Waals surface area contributed by atoms with E-state index in [-0.39, 0.29) is 13.2 Å². The maximum absolute atomic E-state index is 10.6. The third-order valence-corrected chi connectivity index (χ3v) is 5.34. The van der Waals surface area contributed by atoms with Crippen molar-refractivity contribution in [2.75, 3.05) is 13.2 Å². The third-order valence-electron chi connectivity index (χ3n) is 4.84. The van der Waals surface area contributed by atoms with Crippen molar-refractivity contribution < 1.29 is 29.2 Å². The zero-order chi connectivity index (χ0) is 19.7. The first-order chi connectivity index (χ1) is 13.5. The quantitative estimate of drug-likeness (QED) is 0.781. The second kappa shape index (κ2) is 8.65. The van der Waals surface area contributed by atoms with Crippen LogP contribution in [-0.2, 0) is 18.9 Å². The standard InChI is InChI=1S/C20H20Cl2O6/c21-13-5-1-11(2-6-13)19-25-10-16(27-19)18-17(24)15(9-23)26-20(28-18)12-3-7-14(22)8-4-12/h1-8,15-20,23-24H,9-10H2/t15-,16+,17+,18+,19?,20?/m1/s1. The van der Waals surface area contributed by atoms with Gasteiger partial charge in [-0.1, -0.05) is 47.5 Å². The van der Waals surface area contributed by atoms with Gasteiger partial charge in [0.25, 0.3) is 0 Å². The molecule has 0 spiro atoms. The Labute approximate surface area is 172 Å². The Balaban J connectivity index is 1.50. The van der Waals surface area contributed by atoms with E-state index in [4.69, 9.17) is 42.1 Å². The zero-order valence-electron chi connectivity index (χ0n) is 14.8. The van der Waals surface area contributed by atoms with E-state index in [1.54, 1.807) is 36.4 Å². The predicted molar refractivity (Wildman–Crippen MR) is 102 cm³/mol. The maximum atomic E-state index is 10.6. The first-order valence-corrected chi connectivity index (χ1v) is 9.68. The molecule has 2 saturated heterocycles. The molecule has 0 saturated carbocycles. The van der Waals surface area contributed by atoms with Crippen molar-refractivity contribution in [1.29, 1.82) is 0 Å². The van der Waals surface area contributed by atoms with Crippen LogP contribution in [0.15, 0.2) is 48.5 Å². The molecule has 2 aromatic rings. The normalized spacial score (nSPS) is 33.1. The van der Waals surface area contributed by atoms with Crippen LogP contribution in [-0.4, -0.2) is 47.8 Å². The summed E-state index contributed by atoms with van der Waals surface area (Å²) < 4.78 is 23.4. The lowest BCUT2D eigenvalue weighted by molar-refractivity contribution is -0.310. The van der Waals surface area contributed by atoms with Gasteiger partial charge in [-0.15, -0.1) is 0 Å². The lowest BCUT2D eigenvalue weighted by Crippen LogP contribution is -2.54. The van der Waals surface area contributed by atoms with E-state index in [1.165, 1.54) is 0 Å². The molecular weight excluding hydrogens is 407 g/mol. The summed E-state index contributed by atoms with van der Waals surface area (Å²) in [6.45, 7) is -0.111. The van der Waals surface area contributed by atoms with Gasteiger partial charge in [-0.25, -0.2) is 0 Å². The molecule has 0 radical (unpaired) electrons. The van der Waals surface area contributed by atoms with Crippen LogP contribution in [0.25, 0.3) is 0 Å². The van der Waals surface area contributed by atoms with Crippen molar-refractivity contribution in [1.82, 2.24) is 0 Å². The summed E-state index contributed by atoms with van der Waals surface area (Å²) in [6.07, 6.45) is -4.47. The van der Waals surface area contributed by atoms with E-state index in [2.05, 4.69) is 0 Å². The maximum Gasteiger partial charge on any atom is 0.184 e. The Morgan fingerprint density at radius 3 is 1.96 bits per heavy atom. The Bertz CT molecular complexity index is 784. The molecule has 2 heterocycles. The Morgan fingerprint density at radius 1 is 0.821 bits per heavy atom. The van der Waals surface area contributed by atoms with Crippen LogP contribution in [0.5, 0.6) is 0 Å². The molecule has 0 amide bonds. The van der Waals surface area contributed by atoms with Crippen LogP contribution in [0.3, 0.4) is 0 Å². The molecule has 2 N–H and O–H groups in total. The molecule has 0 aliphatic carbocycles. The second-order valence-corrected chi connectivity index (χ2v) is 7.60. The van der Waals surface area contributed by atoms with Gasteiger partial charge >= 0.3 is 0 Å². The van der Waals surface area contributed by atoms with Gasteiger partial charge in [0.05, 0.1) is 13.2 Å². The van der Waals surface area contributed by atoms with Gasteiger partial charge in [-0.05, 0) is 24.3 Å². The van der Waals surface area contributed by atoms with E-state index in [0.29, 0.717) is 10.0 Å². The molecule has 28 heavy (non-hydrogen) atoms. The third kappa shape index (κ3) is 4.20. The first kappa shape index (κ1) is 20.1. The lowest BCUT2D eigenvalue weighted by Gasteiger charge is -2.40. The summed E-state index contributed by atoms with van der Waals surface area (Å²) >= 11 is 11.9. The van der Waals surface area contributed by atoms with Crippen molar-refractivity contribution in [3.63, 3.8) is 0 Å². The van der Waals surface area contributed by atoms with Crippen LogP contribution in [0.4, 0.5) is 0 Å². The van der Waals surface area contributed by atoms with Gasteiger partial charge in [0.2, 0.25) is 0 Å². The Morgan fingerprint density at radius 2 is 1.39 bits per heavy atom. The van der Waals surface area contributed by atoms with Gasteiger partial charge in [0, 0.05) is 21.2 Å². The van der Waals surface area contributed by atoms with Crippen molar-refractivity contribution in [3.05, 3.63) is 69.7 Å². The zero-order valence-corrected chi connectivity index (χ0v) is 16.3. The average molecular weight is 427 g/mol. The highest BCUT2D eigenvalue weighted by molar-refractivity contribution is 6.30. The van der Waals surface area contributed by atoms with E-state index in [9.17, 15) is 10.2 Å². The lowest BCUT2D eigenvalue weighted by atomic mass is 10.0. The molecular formula is C20H20Cl2O6. The molecule has 6 nitrogen and oxygen atoms in total. The van der Waals surface area contributed by atoms with Gasteiger partial charge in [-0.3, -0.25) is 0 Å². The molecule has 8 heteroatoms. The minimum absolute atomic E-state index is 0.237. The summed E-state index contributed by atoms with van der Waals surface area (Å²) in [4.78, 5) is 0. The summed E-state index contributed by atoms with van der Waals surface area (Å²) in [5, 5.41) is 21.5. The topological polar surface area (TPSA) is 77.4 Å². The van der Waals surface area contributed by atoms with E-state index >= 15 is 0 Å². The summed E-state index contributed by atoms with van der Waals surface area (Å²) in [5.74, 6) is 0. The molecule has 2 fully saturated rings. The average Bonchev–Trinajstić information content (AvgIpc) is 3.19. The Kier molecular flexibility index (Phi) is 6.20. The van der Waals surface area contributed by atoms with Crippen LogP contribution >= 0.6 is 23.2 Å². The number of halogens is 2. The fourth-order valence-electron chi connectivity index (χ4n) is 3.33. The van der Waals surface area contributed by atoms with Crippen LogP contribution in [0.1, 0.15) is 23.7 Å². The van der Waals surface area contributed by atoms with Crippen LogP contribution in [0, 0.1) is 0 Å². The predicted octanol–water partition coefficient (Wildman–Crippen LogP) is 3.24. The van der Waals surface area contributed by atoms with Gasteiger partial charge in [0.15, 0.2) is 12.6 Å². The summed E-state index contributed by atoms with van der Waals surface area (Å²) in [7, 11) is 0. The van der Waals surface area contributed by atoms with Crippen molar-refractivity contribution >= 4 is 23.2 Å². The molecule has 2 aliphatic heterocycles. The number of hydrogen-bond acceptors (Lipinski definition) is 6. The molecule has 2 unspecified atom stereocenters. The fraction of sp³-hybridized carbons (Fsp3) is 0.400. The number of ether oxygens (including phenoxy) is 4. The summed E-state index contributed by atoms with van der Waals surface area (Å²) in [6, 6.07) is 14.2. The number of benzene rings is 2. The van der Waals surface area contributed by atoms with Crippen molar-refractivity contribution in [2.45, 2.75) is 37.0 Å². The number of aliphatic hydroxyl groups excluding tert-OH is 2. The van der Waals surface area contributed by atoms with Crippen LogP contribution < -0.4 is 0 Å². The highest BCUT2D eigenvalue weighted by atomic mass is 35.5. The molecule has 150 valence electrons. The minimum Gasteiger partial charge on any atom is -0.394 e. The van der Waals surface area contributed by atoms with Crippen LogP contribution in [0.2, 0.25) is 10.0 Å². The van der Waals surface area contributed by atoms with Gasteiger partial charge in [-0.2, -0.15) is 0 Å². The number of aliphatic hydroxyl groups is 2.